The van der Waals surface area contributed by atoms with Crippen LogP contribution in [0.15, 0.2) is 21.5 Å². The highest BCUT2D eigenvalue weighted by Crippen LogP contribution is 2.37. The average molecular weight is 394 g/mol. The van der Waals surface area contributed by atoms with Gasteiger partial charge >= 0.3 is 5.69 Å². The van der Waals surface area contributed by atoms with Gasteiger partial charge in [0.05, 0.1) is 5.25 Å². The first-order chi connectivity index (χ1) is 12.6. The van der Waals surface area contributed by atoms with Crippen LogP contribution in [0.4, 0.5) is 5.13 Å². The second-order valence-electron chi connectivity index (χ2n) is 6.99. The van der Waals surface area contributed by atoms with Gasteiger partial charge in [0.25, 0.3) is 0 Å². The van der Waals surface area contributed by atoms with E-state index in [1.165, 1.54) is 29.5 Å². The summed E-state index contributed by atoms with van der Waals surface area (Å²) in [6, 6.07) is 0.453. The maximum absolute atomic E-state index is 13.3. The molecule has 4 rings (SSSR count). The van der Waals surface area contributed by atoms with E-state index >= 15 is 0 Å². The summed E-state index contributed by atoms with van der Waals surface area (Å²) >= 11 is 2.87. The van der Waals surface area contributed by atoms with E-state index in [4.69, 9.17) is 0 Å². The highest BCUT2D eigenvalue weighted by atomic mass is 32.2. The Morgan fingerprint density at radius 2 is 2.12 bits per heavy atom. The van der Waals surface area contributed by atoms with Crippen molar-refractivity contribution in [2.45, 2.75) is 74.4 Å². The summed E-state index contributed by atoms with van der Waals surface area (Å²) in [7, 11) is 0. The Balaban J connectivity index is 1.54. The van der Waals surface area contributed by atoms with Gasteiger partial charge in [-0.1, -0.05) is 31.0 Å². The summed E-state index contributed by atoms with van der Waals surface area (Å²) < 4.78 is 1.70. The summed E-state index contributed by atoms with van der Waals surface area (Å²) in [4.78, 5) is 31.6. The Kier molecular flexibility index (Phi) is 5.17. The molecule has 0 bridgehead atoms. The molecule has 26 heavy (non-hydrogen) atoms. The number of thiazole rings is 1. The second-order valence-corrected chi connectivity index (χ2v) is 9.17. The predicted molar refractivity (Wildman–Crippen MR) is 103 cm³/mol. The van der Waals surface area contributed by atoms with Crippen LogP contribution in [0.1, 0.15) is 57.9 Å². The molecule has 9 heteroatoms. The molecule has 0 unspecified atom stereocenters. The molecule has 0 aliphatic heterocycles. The highest BCUT2D eigenvalue weighted by molar-refractivity contribution is 8.00. The Hall–Kier alpha value is -1.61. The van der Waals surface area contributed by atoms with Gasteiger partial charge in [-0.3, -0.25) is 14.3 Å². The van der Waals surface area contributed by atoms with Crippen molar-refractivity contribution in [3.8, 4) is 0 Å². The summed E-state index contributed by atoms with van der Waals surface area (Å²) in [5.74, 6) is 0.0506. The molecule has 0 saturated heterocycles. The molecule has 2 fully saturated rings. The van der Waals surface area contributed by atoms with E-state index in [1.54, 1.807) is 10.8 Å². The zero-order valence-corrected chi connectivity index (χ0v) is 16.4. The van der Waals surface area contributed by atoms with Crippen LogP contribution in [0, 0.1) is 0 Å². The number of thioether (sulfide) groups is 1. The van der Waals surface area contributed by atoms with Crippen LogP contribution >= 0.6 is 23.1 Å². The molecule has 0 radical (unpaired) electrons. The molecule has 2 saturated carbocycles. The monoisotopic (exact) mass is 393 g/mol. The van der Waals surface area contributed by atoms with Gasteiger partial charge in [-0.2, -0.15) is 0 Å². The molecule has 140 valence electrons. The van der Waals surface area contributed by atoms with Gasteiger partial charge in [0.15, 0.2) is 10.3 Å². The highest BCUT2D eigenvalue weighted by Gasteiger charge is 2.34. The fraction of sp³-hybridized carbons (Fsp3) is 0.647. The SMILES string of the molecule is C[C@@H](Sc1n[nH]c(=O)n1C1CC1)C(=O)N(c1nccs1)C1CCCCC1. The largest absolute Gasteiger partial charge is 0.344 e. The van der Waals surface area contributed by atoms with Gasteiger partial charge in [-0.05, 0) is 32.6 Å². The number of aromatic nitrogens is 4. The molecular formula is C17H23N5O2S2. The Labute approximate surface area is 160 Å². The van der Waals surface area contributed by atoms with Crippen molar-refractivity contribution in [2.75, 3.05) is 4.90 Å². The number of H-pyrrole nitrogens is 1. The topological polar surface area (TPSA) is 83.9 Å². The van der Waals surface area contributed by atoms with E-state index in [-0.39, 0.29) is 28.9 Å². The third-order valence-corrected chi connectivity index (χ3v) is 6.84. The third-order valence-electron chi connectivity index (χ3n) is 5.02. The minimum atomic E-state index is -0.325. The first-order valence-corrected chi connectivity index (χ1v) is 11.0. The molecule has 1 N–H and O–H groups in total. The van der Waals surface area contributed by atoms with Crippen LogP contribution in [-0.4, -0.2) is 36.9 Å². The Morgan fingerprint density at radius 1 is 1.35 bits per heavy atom. The van der Waals surface area contributed by atoms with Crippen LogP contribution in [-0.2, 0) is 4.79 Å². The zero-order chi connectivity index (χ0) is 18.1. The van der Waals surface area contributed by atoms with Crippen LogP contribution in [0.25, 0.3) is 0 Å². The minimum absolute atomic E-state index is 0.0506. The Morgan fingerprint density at radius 3 is 2.77 bits per heavy atom. The van der Waals surface area contributed by atoms with Crippen molar-refractivity contribution < 1.29 is 4.79 Å². The normalized spacial score (nSPS) is 19.4. The van der Waals surface area contributed by atoms with Crippen LogP contribution < -0.4 is 10.6 Å². The minimum Gasteiger partial charge on any atom is -0.284 e. The summed E-state index contributed by atoms with van der Waals surface area (Å²) in [6.07, 6.45) is 9.35. The maximum Gasteiger partial charge on any atom is 0.344 e. The molecule has 1 amide bonds. The van der Waals surface area contributed by atoms with Crippen LogP contribution in [0.2, 0.25) is 0 Å². The third kappa shape index (κ3) is 3.59. The fourth-order valence-electron chi connectivity index (χ4n) is 3.54. The van der Waals surface area contributed by atoms with E-state index in [0.29, 0.717) is 5.16 Å². The zero-order valence-electron chi connectivity index (χ0n) is 14.8. The van der Waals surface area contributed by atoms with Gasteiger partial charge in [-0.15, -0.1) is 16.4 Å². The number of nitrogens with zero attached hydrogens (tertiary/aromatic N) is 4. The number of amides is 1. The van der Waals surface area contributed by atoms with E-state index in [0.717, 1.165) is 43.7 Å². The number of nitrogens with one attached hydrogen (secondary N) is 1. The summed E-state index contributed by atoms with van der Waals surface area (Å²) in [6.45, 7) is 1.90. The van der Waals surface area contributed by atoms with E-state index < -0.39 is 0 Å². The van der Waals surface area contributed by atoms with Crippen molar-refractivity contribution in [3.05, 3.63) is 22.1 Å². The number of aromatic amines is 1. The molecule has 0 aromatic carbocycles. The molecule has 2 aromatic rings. The van der Waals surface area contributed by atoms with Crippen LogP contribution in [0.5, 0.6) is 0 Å². The van der Waals surface area contributed by atoms with E-state index in [2.05, 4.69) is 15.2 Å². The van der Waals surface area contributed by atoms with Gasteiger partial charge in [-0.25, -0.2) is 14.9 Å². The van der Waals surface area contributed by atoms with Gasteiger partial charge in [0.1, 0.15) is 0 Å². The first-order valence-electron chi connectivity index (χ1n) is 9.21. The first kappa shape index (κ1) is 17.8. The summed E-state index contributed by atoms with van der Waals surface area (Å²) in [5, 5.41) is 9.64. The lowest BCUT2D eigenvalue weighted by molar-refractivity contribution is -0.118. The van der Waals surface area contributed by atoms with E-state index in [9.17, 15) is 9.59 Å². The van der Waals surface area contributed by atoms with Crippen molar-refractivity contribution in [3.63, 3.8) is 0 Å². The molecule has 2 heterocycles. The predicted octanol–water partition coefficient (Wildman–Crippen LogP) is 3.21. The smallest absolute Gasteiger partial charge is 0.284 e. The quantitative estimate of drug-likeness (QED) is 0.762. The molecule has 2 aromatic heterocycles. The lowest BCUT2D eigenvalue weighted by Crippen LogP contribution is -2.45. The molecule has 2 aliphatic carbocycles. The standard InChI is InChI=1S/C17H23N5O2S2/c1-11(26-17-20-19-15(24)22(17)13-7-8-13)14(23)21(16-18-9-10-25-16)12-5-3-2-4-6-12/h9-13H,2-8H2,1H3,(H,19,24)/t11-/m1/s1. The number of carbonyl (C=O) groups is 1. The van der Waals surface area contributed by atoms with E-state index in [1.807, 2.05) is 17.2 Å². The number of anilines is 1. The maximum atomic E-state index is 13.3. The van der Waals surface area contributed by atoms with Gasteiger partial charge < -0.3 is 0 Å². The van der Waals surface area contributed by atoms with Crippen molar-refractivity contribution >= 4 is 34.1 Å². The lowest BCUT2D eigenvalue weighted by Gasteiger charge is -2.33. The number of rotatable bonds is 6. The van der Waals surface area contributed by atoms with Crippen molar-refractivity contribution in [2.24, 2.45) is 0 Å². The number of hydrogen-bond donors (Lipinski definition) is 1. The van der Waals surface area contributed by atoms with Crippen molar-refractivity contribution in [1.29, 1.82) is 0 Å². The molecule has 7 nitrogen and oxygen atoms in total. The number of carbonyl (C=O) groups excluding carboxylic acids is 1. The molecule has 2 aliphatic rings. The second kappa shape index (κ2) is 7.56. The van der Waals surface area contributed by atoms with Gasteiger partial charge in [0, 0.05) is 23.7 Å². The Bertz CT molecular complexity index is 805. The average Bonchev–Trinajstić information content (AvgIpc) is 3.21. The number of hydrogen-bond acceptors (Lipinski definition) is 6. The van der Waals surface area contributed by atoms with Gasteiger partial charge in [0.2, 0.25) is 5.91 Å². The van der Waals surface area contributed by atoms with Crippen LogP contribution in [0.3, 0.4) is 0 Å². The molecule has 1 atom stereocenters. The summed E-state index contributed by atoms with van der Waals surface area (Å²) in [5.41, 5.74) is -0.182. The fourth-order valence-corrected chi connectivity index (χ4v) is 5.23. The molecular weight excluding hydrogens is 370 g/mol. The van der Waals surface area contributed by atoms with Crippen molar-refractivity contribution in [1.82, 2.24) is 19.7 Å². The molecule has 0 spiro atoms. The lowest BCUT2D eigenvalue weighted by atomic mass is 9.94.